The highest BCUT2D eigenvalue weighted by molar-refractivity contribution is 5.92. The molecule has 15 heavy (non-hydrogen) atoms. The van der Waals surface area contributed by atoms with Gasteiger partial charge in [0.05, 0.1) is 6.61 Å². The second-order valence-electron chi connectivity index (χ2n) is 3.90. The molecule has 1 aliphatic rings. The summed E-state index contributed by atoms with van der Waals surface area (Å²) in [4.78, 5) is 0. The number of hydrogen-bond acceptors (Lipinski definition) is 1. The molecular weight excluding hydrogens is 184 g/mol. The number of allylic oxidation sites excluding steroid dienone is 1. The highest BCUT2D eigenvalue weighted by Gasteiger charge is 2.15. The van der Waals surface area contributed by atoms with E-state index in [9.17, 15) is 5.11 Å². The van der Waals surface area contributed by atoms with Crippen LogP contribution in [0, 0.1) is 0 Å². The standard InChI is InChI=1S/C14H12O/c15-9-11-6-8-14-12-4-2-1-3-10(12)5-7-13(11)14/h1-7,15H,8-9H2. The monoisotopic (exact) mass is 196 g/mol. The molecule has 0 bridgehead atoms. The first-order chi connectivity index (χ1) is 7.40. The lowest BCUT2D eigenvalue weighted by molar-refractivity contribution is 0.350. The van der Waals surface area contributed by atoms with E-state index in [0.717, 1.165) is 12.0 Å². The highest BCUT2D eigenvalue weighted by atomic mass is 16.3. The molecule has 0 unspecified atom stereocenters. The summed E-state index contributed by atoms with van der Waals surface area (Å²) in [7, 11) is 0. The van der Waals surface area contributed by atoms with Crippen molar-refractivity contribution in [2.75, 3.05) is 6.61 Å². The molecule has 1 heteroatoms. The minimum atomic E-state index is 0.144. The van der Waals surface area contributed by atoms with E-state index in [1.54, 1.807) is 0 Å². The van der Waals surface area contributed by atoms with E-state index in [-0.39, 0.29) is 6.61 Å². The van der Waals surface area contributed by atoms with Crippen LogP contribution in [0.25, 0.3) is 16.3 Å². The number of fused-ring (bicyclic) bond motifs is 3. The Morgan fingerprint density at radius 2 is 1.93 bits per heavy atom. The molecule has 0 amide bonds. The van der Waals surface area contributed by atoms with E-state index in [0.29, 0.717) is 0 Å². The largest absolute Gasteiger partial charge is 0.392 e. The topological polar surface area (TPSA) is 20.2 Å². The van der Waals surface area contributed by atoms with E-state index in [4.69, 9.17) is 0 Å². The average molecular weight is 196 g/mol. The van der Waals surface area contributed by atoms with E-state index < -0.39 is 0 Å². The predicted octanol–water partition coefficient (Wildman–Crippen LogP) is 2.77. The van der Waals surface area contributed by atoms with Gasteiger partial charge in [-0.1, -0.05) is 42.5 Å². The van der Waals surface area contributed by atoms with Gasteiger partial charge < -0.3 is 5.11 Å². The number of aliphatic hydroxyl groups excluding tert-OH is 1. The van der Waals surface area contributed by atoms with E-state index in [1.807, 2.05) is 0 Å². The summed E-state index contributed by atoms with van der Waals surface area (Å²) in [6.45, 7) is 0.144. The third-order valence-corrected chi connectivity index (χ3v) is 3.11. The summed E-state index contributed by atoms with van der Waals surface area (Å²) in [6, 6.07) is 12.7. The third kappa shape index (κ3) is 1.20. The van der Waals surface area contributed by atoms with Gasteiger partial charge in [0.25, 0.3) is 0 Å². The molecule has 2 aromatic carbocycles. The maximum Gasteiger partial charge on any atom is 0.0684 e. The predicted molar refractivity (Wildman–Crippen MR) is 62.7 cm³/mol. The van der Waals surface area contributed by atoms with Gasteiger partial charge in [0.1, 0.15) is 0 Å². The lowest BCUT2D eigenvalue weighted by Crippen LogP contribution is -1.89. The van der Waals surface area contributed by atoms with Crippen molar-refractivity contribution in [2.45, 2.75) is 6.42 Å². The molecule has 0 fully saturated rings. The molecule has 3 rings (SSSR count). The molecule has 0 heterocycles. The Kier molecular flexibility index (Phi) is 1.86. The van der Waals surface area contributed by atoms with E-state index in [2.05, 4.69) is 42.5 Å². The normalized spacial score (nSPS) is 14.1. The zero-order valence-electron chi connectivity index (χ0n) is 8.40. The smallest absolute Gasteiger partial charge is 0.0684 e. The summed E-state index contributed by atoms with van der Waals surface area (Å²) in [5.74, 6) is 0. The second-order valence-corrected chi connectivity index (χ2v) is 3.90. The van der Waals surface area contributed by atoms with Crippen LogP contribution in [0.2, 0.25) is 0 Å². The summed E-state index contributed by atoms with van der Waals surface area (Å²) >= 11 is 0. The Morgan fingerprint density at radius 1 is 1.07 bits per heavy atom. The van der Waals surface area contributed by atoms with Crippen molar-refractivity contribution in [2.24, 2.45) is 0 Å². The van der Waals surface area contributed by atoms with Crippen molar-refractivity contribution in [3.05, 3.63) is 53.6 Å². The Bertz CT molecular complexity index is 552. The third-order valence-electron chi connectivity index (χ3n) is 3.11. The van der Waals surface area contributed by atoms with Crippen LogP contribution in [0.4, 0.5) is 0 Å². The molecular formula is C14H12O. The number of benzene rings is 2. The molecule has 0 spiro atoms. The Hall–Kier alpha value is -1.60. The van der Waals surface area contributed by atoms with Gasteiger partial charge in [-0.05, 0) is 33.9 Å². The molecule has 0 saturated carbocycles. The van der Waals surface area contributed by atoms with Crippen molar-refractivity contribution in [1.82, 2.24) is 0 Å². The first kappa shape index (κ1) is 8.69. The number of rotatable bonds is 1. The lowest BCUT2D eigenvalue weighted by Gasteiger charge is -2.06. The molecule has 1 aliphatic carbocycles. The molecule has 0 atom stereocenters. The Balaban J connectivity index is 2.31. The van der Waals surface area contributed by atoms with Gasteiger partial charge in [0.2, 0.25) is 0 Å². The van der Waals surface area contributed by atoms with Gasteiger partial charge in [0, 0.05) is 0 Å². The quantitative estimate of drug-likeness (QED) is 0.743. The van der Waals surface area contributed by atoms with Gasteiger partial charge >= 0.3 is 0 Å². The molecule has 74 valence electrons. The number of aliphatic hydroxyl groups is 1. The zero-order chi connectivity index (χ0) is 10.3. The maximum atomic E-state index is 9.22. The van der Waals surface area contributed by atoms with Crippen molar-refractivity contribution >= 4 is 16.3 Å². The molecule has 1 N–H and O–H groups in total. The molecule has 0 radical (unpaired) electrons. The van der Waals surface area contributed by atoms with Crippen LogP contribution in [0.1, 0.15) is 11.1 Å². The van der Waals surface area contributed by atoms with Gasteiger partial charge in [-0.25, -0.2) is 0 Å². The average Bonchev–Trinajstić information content (AvgIpc) is 2.72. The van der Waals surface area contributed by atoms with Crippen molar-refractivity contribution < 1.29 is 5.11 Å². The van der Waals surface area contributed by atoms with Gasteiger partial charge in [-0.15, -0.1) is 0 Å². The summed E-state index contributed by atoms with van der Waals surface area (Å²) in [5.41, 5.74) is 3.64. The fourth-order valence-corrected chi connectivity index (χ4v) is 2.34. The van der Waals surface area contributed by atoms with Crippen LogP contribution in [-0.2, 0) is 6.42 Å². The second kappa shape index (κ2) is 3.21. The van der Waals surface area contributed by atoms with Gasteiger partial charge in [-0.2, -0.15) is 0 Å². The van der Waals surface area contributed by atoms with Crippen LogP contribution in [0.15, 0.2) is 42.5 Å². The van der Waals surface area contributed by atoms with Crippen molar-refractivity contribution in [3.63, 3.8) is 0 Å². The van der Waals surface area contributed by atoms with Crippen molar-refractivity contribution in [1.29, 1.82) is 0 Å². The Labute approximate surface area is 88.7 Å². The molecule has 1 nitrogen and oxygen atoms in total. The first-order valence-corrected chi connectivity index (χ1v) is 5.21. The Morgan fingerprint density at radius 3 is 2.80 bits per heavy atom. The van der Waals surface area contributed by atoms with E-state index >= 15 is 0 Å². The number of hydrogen-bond donors (Lipinski definition) is 1. The zero-order valence-corrected chi connectivity index (χ0v) is 8.40. The van der Waals surface area contributed by atoms with Crippen LogP contribution in [-0.4, -0.2) is 11.7 Å². The molecule has 2 aromatic rings. The highest BCUT2D eigenvalue weighted by Crippen LogP contribution is 2.32. The van der Waals surface area contributed by atoms with Crippen LogP contribution >= 0.6 is 0 Å². The molecule has 0 aromatic heterocycles. The van der Waals surface area contributed by atoms with Crippen molar-refractivity contribution in [3.8, 4) is 0 Å². The summed E-state index contributed by atoms with van der Waals surface area (Å²) in [5, 5.41) is 11.8. The summed E-state index contributed by atoms with van der Waals surface area (Å²) < 4.78 is 0. The van der Waals surface area contributed by atoms with Crippen LogP contribution in [0.3, 0.4) is 0 Å². The fourth-order valence-electron chi connectivity index (χ4n) is 2.34. The van der Waals surface area contributed by atoms with Crippen LogP contribution < -0.4 is 0 Å². The van der Waals surface area contributed by atoms with Crippen LogP contribution in [0.5, 0.6) is 0 Å². The maximum absolute atomic E-state index is 9.22. The van der Waals surface area contributed by atoms with E-state index in [1.165, 1.54) is 21.9 Å². The minimum absolute atomic E-state index is 0.144. The minimum Gasteiger partial charge on any atom is -0.392 e. The molecule has 0 saturated heterocycles. The fraction of sp³-hybridized carbons (Fsp3) is 0.143. The summed E-state index contributed by atoms with van der Waals surface area (Å²) in [6.07, 6.45) is 3.07. The molecule has 0 aliphatic heterocycles. The van der Waals surface area contributed by atoms with Gasteiger partial charge in [-0.3, -0.25) is 0 Å². The first-order valence-electron chi connectivity index (χ1n) is 5.21. The lowest BCUT2D eigenvalue weighted by atomic mass is 9.98. The SMILES string of the molecule is OCC1=CCc2c1ccc1ccccc21. The van der Waals surface area contributed by atoms with Gasteiger partial charge in [0.15, 0.2) is 0 Å².